The summed E-state index contributed by atoms with van der Waals surface area (Å²) in [6.07, 6.45) is 1.89. The molecule has 6 heteroatoms. The van der Waals surface area contributed by atoms with Crippen LogP contribution in [0.15, 0.2) is 18.3 Å². The maximum Gasteiger partial charge on any atom is 0.0923 e. The quantitative estimate of drug-likeness (QED) is 0.511. The van der Waals surface area contributed by atoms with E-state index in [0.29, 0.717) is 0 Å². The van der Waals surface area contributed by atoms with Gasteiger partial charge in [0.15, 0.2) is 0 Å². The Balaban J connectivity index is 2.92. The van der Waals surface area contributed by atoms with Crippen LogP contribution in [0.4, 0.5) is 5.69 Å². The number of aromatic nitrogens is 1. The Morgan fingerprint density at radius 1 is 1.42 bits per heavy atom. The molecule has 0 unspecified atom stereocenters. The summed E-state index contributed by atoms with van der Waals surface area (Å²) in [7, 11) is 3.09. The normalized spacial score (nSPS) is 12.4. The highest BCUT2D eigenvalue weighted by Crippen LogP contribution is 2.13. The molecule has 0 aliphatic rings. The number of nitrogens with zero attached hydrogens (tertiary/aromatic N) is 2. The topological polar surface area (TPSA) is 16.1 Å². The summed E-state index contributed by atoms with van der Waals surface area (Å²) < 4.78 is 2.71. The lowest BCUT2D eigenvalue weighted by Crippen LogP contribution is -2.33. The zero-order valence-corrected chi connectivity index (χ0v) is 14.9. The van der Waals surface area contributed by atoms with Crippen LogP contribution in [0.1, 0.15) is 5.69 Å². The number of pyridine rings is 1. The van der Waals surface area contributed by atoms with Crippen molar-refractivity contribution in [2.24, 2.45) is 0 Å². The van der Waals surface area contributed by atoms with Gasteiger partial charge in [0.05, 0.1) is 24.1 Å². The Kier molecular flexibility index (Phi) is 3.92. The van der Waals surface area contributed by atoms with Crippen molar-refractivity contribution in [3.63, 3.8) is 0 Å². The van der Waals surface area contributed by atoms with Crippen molar-refractivity contribution in [1.82, 2.24) is 4.98 Å². The van der Waals surface area contributed by atoms with Gasteiger partial charge in [-0.3, -0.25) is 4.98 Å². The second-order valence-electron chi connectivity index (χ2n) is 2.78. The number of hydrogen-bond donors (Lipinski definition) is 0. The van der Waals surface area contributed by atoms with E-state index in [0.717, 1.165) is 0 Å². The van der Waals surface area contributed by atoms with E-state index in [1.807, 2.05) is 6.20 Å². The number of aryl methyl sites for hydroxylation is 1. The first kappa shape index (κ1) is 9.90. The van der Waals surface area contributed by atoms with E-state index in [9.17, 15) is 0 Å². The molecule has 0 aliphatic carbocycles. The van der Waals surface area contributed by atoms with Crippen LogP contribution >= 0.6 is 0 Å². The van der Waals surface area contributed by atoms with Crippen LogP contribution in [-0.4, -0.2) is 42.9 Å². The molecule has 0 aromatic carbocycles. The van der Waals surface area contributed by atoms with Gasteiger partial charge in [0, 0.05) is 31.4 Å². The number of anilines is 1. The van der Waals surface area contributed by atoms with Crippen LogP contribution < -0.4 is 4.23 Å². The molecule has 12 heavy (non-hydrogen) atoms. The molecule has 0 spiro atoms. The molecule has 0 radical (unpaired) electrons. The van der Waals surface area contributed by atoms with E-state index in [-0.39, 0.29) is 18.4 Å². The molecule has 0 fully saturated rings. The monoisotopic (exact) mass is 228 g/mol. The Labute approximate surface area is 84.0 Å². The molecule has 0 saturated heterocycles. The van der Waals surface area contributed by atoms with E-state index < -0.39 is 0 Å². The van der Waals surface area contributed by atoms with Gasteiger partial charge in [0.25, 0.3) is 0 Å². The van der Waals surface area contributed by atoms with E-state index in [2.05, 4.69) is 28.3 Å². The van der Waals surface area contributed by atoms with Gasteiger partial charge in [-0.1, -0.05) is 0 Å². The van der Waals surface area contributed by atoms with Crippen molar-refractivity contribution in [2.45, 2.75) is 6.92 Å². The summed E-state index contributed by atoms with van der Waals surface area (Å²) in [6, 6.07) is 4.30. The van der Waals surface area contributed by atoms with Crippen molar-refractivity contribution in [2.75, 3.05) is 4.23 Å². The maximum atomic E-state index is 4.33. The highest BCUT2D eigenvalue weighted by Gasteiger charge is 2.03. The lowest BCUT2D eigenvalue weighted by atomic mass is 10.3. The van der Waals surface area contributed by atoms with Gasteiger partial charge in [-0.05, 0) is 19.1 Å². The molecule has 1 rings (SSSR count). The molecule has 1 aromatic heterocycles. The van der Waals surface area contributed by atoms with Gasteiger partial charge in [0.1, 0.15) is 0 Å². The Bertz CT molecular complexity index is 251. The molecule has 0 atom stereocenters. The fourth-order valence-electron chi connectivity index (χ4n) is 1.37. The molecule has 0 N–H and O–H groups in total. The van der Waals surface area contributed by atoms with E-state index in [1.165, 1.54) is 30.9 Å². The van der Waals surface area contributed by atoms with Crippen LogP contribution in [0.5, 0.6) is 0 Å². The van der Waals surface area contributed by atoms with Crippen LogP contribution in [0.3, 0.4) is 0 Å². The van der Waals surface area contributed by atoms with Gasteiger partial charge < -0.3 is 4.23 Å². The van der Waals surface area contributed by atoms with Gasteiger partial charge >= 0.3 is 0 Å². The van der Waals surface area contributed by atoms with E-state index in [1.54, 1.807) is 0 Å². The third-order valence-electron chi connectivity index (χ3n) is 2.08. The fraction of sp³-hybridized carbons (Fsp3) is 0.167. The third kappa shape index (κ3) is 2.16. The van der Waals surface area contributed by atoms with Crippen molar-refractivity contribution >= 4 is 43.6 Å². The zero-order valence-electron chi connectivity index (χ0n) is 8.04. The summed E-state index contributed by atoms with van der Waals surface area (Å²) in [5, 5.41) is 0. The first-order chi connectivity index (χ1) is 5.79. The minimum absolute atomic E-state index is 0.137. The lowest BCUT2D eigenvalue weighted by molar-refractivity contribution is 1.19. The van der Waals surface area contributed by atoms with Crippen LogP contribution in [0.25, 0.3) is 0 Å². The molecule has 0 amide bonds. The second kappa shape index (κ2) is 4.75. The predicted octanol–water partition coefficient (Wildman–Crippen LogP) is -3.08. The number of hydrogen-bond acceptors (Lipinski definition) is 2. The van der Waals surface area contributed by atoms with Gasteiger partial charge in [-0.25, -0.2) is 0 Å². The van der Waals surface area contributed by atoms with Crippen molar-refractivity contribution < 1.29 is 0 Å². The molecular weight excluding hydrogens is 212 g/mol. The molecule has 0 bridgehead atoms. The molecule has 66 valence electrons. The first-order valence-electron chi connectivity index (χ1n) is 4.46. The molecule has 1 heterocycles. The first-order valence-corrected chi connectivity index (χ1v) is 17.0. The molecule has 2 nitrogen and oxygen atoms in total. The predicted molar refractivity (Wildman–Crippen MR) is 68.4 cm³/mol. The average Bonchev–Trinajstić information content (AvgIpc) is 2.10. The van der Waals surface area contributed by atoms with E-state index >= 15 is 0 Å². The lowest BCUT2D eigenvalue weighted by Gasteiger charge is -2.22. The minimum atomic E-state index is 0.137. The second-order valence-corrected chi connectivity index (χ2v) is 10.3. The van der Waals surface area contributed by atoms with Gasteiger partial charge in [-0.15, -0.1) is 0 Å². The third-order valence-corrected chi connectivity index (χ3v) is 16.9. The Morgan fingerprint density at radius 2 is 2.08 bits per heavy atom. The standard InChI is InChI=1S/C6H16N2Si4/c1-5-6(3-2-4-7-5)8(11-9)12-10/h2-4H,11-12H2,1,9-10H3. The molecule has 1 aromatic rings. The van der Waals surface area contributed by atoms with Gasteiger partial charge in [-0.2, -0.15) is 0 Å². The highest BCUT2D eigenvalue weighted by atomic mass is 29.2. The fourth-order valence-corrected chi connectivity index (χ4v) is 22.7. The van der Waals surface area contributed by atoms with Crippen LogP contribution in [-0.2, 0) is 0 Å². The van der Waals surface area contributed by atoms with E-state index in [4.69, 9.17) is 0 Å². The Hall–Kier alpha value is -0.182. The summed E-state index contributed by atoms with van der Waals surface area (Å²) >= 11 is 0. The van der Waals surface area contributed by atoms with Crippen LogP contribution in [0.2, 0.25) is 0 Å². The van der Waals surface area contributed by atoms with Crippen LogP contribution in [0, 0.1) is 6.92 Å². The summed E-state index contributed by atoms with van der Waals surface area (Å²) in [5.41, 5.74) is 2.67. The smallest absolute Gasteiger partial charge is 0.0923 e. The molecular formula is C6H16N2Si4. The maximum absolute atomic E-state index is 4.33. The zero-order chi connectivity index (χ0) is 8.97. The number of rotatable bonds is 3. The minimum Gasteiger partial charge on any atom is -0.438 e. The van der Waals surface area contributed by atoms with Crippen molar-refractivity contribution in [1.29, 1.82) is 0 Å². The van der Waals surface area contributed by atoms with Crippen molar-refractivity contribution in [3.8, 4) is 0 Å². The van der Waals surface area contributed by atoms with Gasteiger partial charge in [0.2, 0.25) is 0 Å². The van der Waals surface area contributed by atoms with Crippen molar-refractivity contribution in [3.05, 3.63) is 24.0 Å². The molecule has 0 saturated carbocycles. The molecule has 0 aliphatic heterocycles. The summed E-state index contributed by atoms with van der Waals surface area (Å²) in [4.78, 5) is 4.33. The Morgan fingerprint density at radius 3 is 2.58 bits per heavy atom. The average molecular weight is 229 g/mol. The largest absolute Gasteiger partial charge is 0.438 e. The highest BCUT2D eigenvalue weighted by molar-refractivity contribution is 7.05. The SMILES string of the molecule is Cc1ncccc1N([SiH2][SiH3])[SiH2][SiH3]. The summed E-state index contributed by atoms with van der Waals surface area (Å²) in [5.74, 6) is 0. The summed E-state index contributed by atoms with van der Waals surface area (Å²) in [6.45, 7) is 2.12.